The Morgan fingerprint density at radius 2 is 1.89 bits per heavy atom. The van der Waals surface area contributed by atoms with Crippen molar-refractivity contribution >= 4 is 12.1 Å². The fourth-order valence-electron chi connectivity index (χ4n) is 1.49. The molecule has 1 aromatic carbocycles. The van der Waals surface area contributed by atoms with Gasteiger partial charge in [0, 0.05) is 0 Å². The van der Waals surface area contributed by atoms with Crippen LogP contribution < -0.4 is 5.32 Å². The van der Waals surface area contributed by atoms with Crippen molar-refractivity contribution in [1.82, 2.24) is 5.32 Å². The smallest absolute Gasteiger partial charge is 0.408 e. The molecule has 19 heavy (non-hydrogen) atoms. The van der Waals surface area contributed by atoms with E-state index in [0.29, 0.717) is 6.42 Å². The summed E-state index contributed by atoms with van der Waals surface area (Å²) in [6.07, 6.45) is -0.176. The van der Waals surface area contributed by atoms with Crippen LogP contribution >= 0.6 is 0 Å². The largest absolute Gasteiger partial charge is 0.467 e. The molecule has 5 heteroatoms. The van der Waals surface area contributed by atoms with Gasteiger partial charge in [-0.1, -0.05) is 36.8 Å². The Balaban J connectivity index is 2.42. The summed E-state index contributed by atoms with van der Waals surface area (Å²) in [5.41, 5.74) is 2.04. The van der Waals surface area contributed by atoms with Gasteiger partial charge in [-0.25, -0.2) is 9.59 Å². The lowest BCUT2D eigenvalue weighted by Crippen LogP contribution is -2.41. The minimum atomic E-state index is -0.671. The maximum atomic E-state index is 11.5. The minimum absolute atomic E-state index is 0.170. The summed E-state index contributed by atoms with van der Waals surface area (Å²) in [6, 6.07) is 7.00. The summed E-state index contributed by atoms with van der Waals surface area (Å²) in [5, 5.41) is 2.46. The number of rotatable bonds is 5. The number of hydrogen-bond acceptors (Lipinski definition) is 4. The highest BCUT2D eigenvalue weighted by Crippen LogP contribution is 2.05. The van der Waals surface area contributed by atoms with Crippen LogP contribution in [-0.2, 0) is 20.9 Å². The lowest BCUT2D eigenvalue weighted by Gasteiger charge is -2.14. The Labute approximate surface area is 112 Å². The van der Waals surface area contributed by atoms with Gasteiger partial charge in [0.2, 0.25) is 0 Å². The van der Waals surface area contributed by atoms with Crippen molar-refractivity contribution in [3.8, 4) is 0 Å². The molecule has 0 fully saturated rings. The fourth-order valence-corrected chi connectivity index (χ4v) is 1.49. The highest BCUT2D eigenvalue weighted by Gasteiger charge is 2.19. The molecule has 0 radical (unpaired) electrons. The number of aryl methyl sites for hydroxylation is 1. The van der Waals surface area contributed by atoms with Crippen molar-refractivity contribution in [1.29, 1.82) is 0 Å². The van der Waals surface area contributed by atoms with Crippen molar-refractivity contribution in [2.45, 2.75) is 32.9 Å². The predicted octanol–water partition coefficient (Wildman–Crippen LogP) is 2.17. The molecule has 0 spiro atoms. The number of hydrogen-bond donors (Lipinski definition) is 1. The molecule has 104 valence electrons. The predicted molar refractivity (Wildman–Crippen MR) is 70.6 cm³/mol. The number of esters is 1. The first kappa shape index (κ1) is 15.0. The number of nitrogens with one attached hydrogen (secondary N) is 1. The van der Waals surface area contributed by atoms with E-state index in [-0.39, 0.29) is 6.61 Å². The molecule has 0 saturated carbocycles. The number of carbonyl (C=O) groups excluding carboxylic acids is 2. The Morgan fingerprint density at radius 3 is 2.42 bits per heavy atom. The van der Waals surface area contributed by atoms with Gasteiger partial charge >= 0.3 is 12.1 Å². The number of carbonyl (C=O) groups is 2. The van der Waals surface area contributed by atoms with Crippen LogP contribution in [-0.4, -0.2) is 25.2 Å². The van der Waals surface area contributed by atoms with Crippen LogP contribution in [0.2, 0.25) is 0 Å². The highest BCUT2D eigenvalue weighted by molar-refractivity contribution is 5.81. The molecule has 0 aliphatic rings. The van der Waals surface area contributed by atoms with Gasteiger partial charge in [0.05, 0.1) is 7.11 Å². The van der Waals surface area contributed by atoms with Gasteiger partial charge in [0.15, 0.2) is 0 Å². The Kier molecular flexibility index (Phi) is 5.85. The molecule has 0 aliphatic heterocycles. The standard InChI is InChI=1S/C14H19NO4/c1-4-12(13(16)18-3)15-14(17)19-9-11-7-5-10(2)6-8-11/h5-8,12H,4,9H2,1-3H3,(H,15,17)/t12-/m0/s1. The van der Waals surface area contributed by atoms with Crippen molar-refractivity contribution in [3.05, 3.63) is 35.4 Å². The van der Waals surface area contributed by atoms with Gasteiger partial charge in [-0.2, -0.15) is 0 Å². The van der Waals surface area contributed by atoms with E-state index >= 15 is 0 Å². The molecule has 1 atom stereocenters. The SMILES string of the molecule is CC[C@H](NC(=O)OCc1ccc(C)cc1)C(=O)OC. The summed E-state index contributed by atoms with van der Waals surface area (Å²) in [5.74, 6) is -0.477. The average molecular weight is 265 g/mol. The van der Waals surface area contributed by atoms with E-state index < -0.39 is 18.1 Å². The zero-order valence-corrected chi connectivity index (χ0v) is 11.4. The van der Waals surface area contributed by atoms with E-state index in [2.05, 4.69) is 10.1 Å². The minimum Gasteiger partial charge on any atom is -0.467 e. The molecular formula is C14H19NO4. The van der Waals surface area contributed by atoms with Crippen LogP contribution in [0, 0.1) is 6.92 Å². The van der Waals surface area contributed by atoms with Crippen LogP contribution in [0.3, 0.4) is 0 Å². The zero-order valence-electron chi connectivity index (χ0n) is 11.4. The topological polar surface area (TPSA) is 64.6 Å². The highest BCUT2D eigenvalue weighted by atomic mass is 16.6. The van der Waals surface area contributed by atoms with Gasteiger partial charge < -0.3 is 14.8 Å². The average Bonchev–Trinajstić information content (AvgIpc) is 2.43. The summed E-state index contributed by atoms with van der Waals surface area (Å²) in [7, 11) is 1.28. The zero-order chi connectivity index (χ0) is 14.3. The summed E-state index contributed by atoms with van der Waals surface area (Å²) in [4.78, 5) is 22.8. The molecule has 1 rings (SSSR count). The Hall–Kier alpha value is -2.04. The van der Waals surface area contributed by atoms with Gasteiger partial charge in [-0.15, -0.1) is 0 Å². The van der Waals surface area contributed by atoms with Crippen LogP contribution in [0.1, 0.15) is 24.5 Å². The second kappa shape index (κ2) is 7.41. The quantitative estimate of drug-likeness (QED) is 0.829. The van der Waals surface area contributed by atoms with Crippen LogP contribution in [0.5, 0.6) is 0 Å². The van der Waals surface area contributed by atoms with Crippen molar-refractivity contribution in [2.24, 2.45) is 0 Å². The number of benzene rings is 1. The van der Waals surface area contributed by atoms with E-state index in [1.165, 1.54) is 7.11 Å². The van der Waals surface area contributed by atoms with Gasteiger partial charge in [0.25, 0.3) is 0 Å². The van der Waals surface area contributed by atoms with E-state index in [4.69, 9.17) is 4.74 Å². The molecule has 0 heterocycles. The molecule has 0 bridgehead atoms. The van der Waals surface area contributed by atoms with Gasteiger partial charge in [-0.05, 0) is 18.9 Å². The van der Waals surface area contributed by atoms with Crippen molar-refractivity contribution in [3.63, 3.8) is 0 Å². The maximum Gasteiger partial charge on any atom is 0.408 e. The Morgan fingerprint density at radius 1 is 1.26 bits per heavy atom. The molecule has 0 unspecified atom stereocenters. The molecular weight excluding hydrogens is 246 g/mol. The third-order valence-electron chi connectivity index (χ3n) is 2.68. The first-order valence-electron chi connectivity index (χ1n) is 6.13. The van der Waals surface area contributed by atoms with E-state index in [1.807, 2.05) is 31.2 Å². The van der Waals surface area contributed by atoms with E-state index in [9.17, 15) is 9.59 Å². The third-order valence-corrected chi connectivity index (χ3v) is 2.68. The molecule has 0 saturated heterocycles. The molecule has 0 aliphatic carbocycles. The number of alkyl carbamates (subject to hydrolysis) is 1. The molecule has 1 amide bonds. The summed E-state index contributed by atoms with van der Waals surface area (Å²) >= 11 is 0. The van der Waals surface area contributed by atoms with Gasteiger partial charge in [-0.3, -0.25) is 0 Å². The molecule has 0 aromatic heterocycles. The molecule has 1 aromatic rings. The number of amides is 1. The second-order valence-corrected chi connectivity index (χ2v) is 4.19. The lowest BCUT2D eigenvalue weighted by molar-refractivity contribution is -0.143. The first-order chi connectivity index (χ1) is 9.06. The van der Waals surface area contributed by atoms with E-state index in [0.717, 1.165) is 11.1 Å². The normalized spacial score (nSPS) is 11.5. The lowest BCUT2D eigenvalue weighted by atomic mass is 10.2. The Bertz CT molecular complexity index is 428. The summed E-state index contributed by atoms with van der Waals surface area (Å²) < 4.78 is 9.61. The molecule has 1 N–H and O–H groups in total. The molecule has 5 nitrogen and oxygen atoms in total. The van der Waals surface area contributed by atoms with Crippen molar-refractivity contribution in [2.75, 3.05) is 7.11 Å². The summed E-state index contributed by atoms with van der Waals surface area (Å²) in [6.45, 7) is 3.94. The maximum absolute atomic E-state index is 11.5. The van der Waals surface area contributed by atoms with Gasteiger partial charge in [0.1, 0.15) is 12.6 Å². The fraction of sp³-hybridized carbons (Fsp3) is 0.429. The first-order valence-corrected chi connectivity index (χ1v) is 6.13. The number of methoxy groups -OCH3 is 1. The third kappa shape index (κ3) is 4.99. The van der Waals surface area contributed by atoms with Crippen molar-refractivity contribution < 1.29 is 19.1 Å². The second-order valence-electron chi connectivity index (χ2n) is 4.19. The van der Waals surface area contributed by atoms with Crippen LogP contribution in [0.25, 0.3) is 0 Å². The monoisotopic (exact) mass is 265 g/mol. The van der Waals surface area contributed by atoms with Crippen LogP contribution in [0.15, 0.2) is 24.3 Å². The van der Waals surface area contributed by atoms with Crippen LogP contribution in [0.4, 0.5) is 4.79 Å². The van der Waals surface area contributed by atoms with E-state index in [1.54, 1.807) is 6.92 Å². The number of ether oxygens (including phenoxy) is 2.